The van der Waals surface area contributed by atoms with E-state index >= 15 is 0 Å². The van der Waals surface area contributed by atoms with Crippen molar-refractivity contribution in [2.75, 3.05) is 17.6 Å². The van der Waals surface area contributed by atoms with Crippen LogP contribution < -0.4 is 16.8 Å². The monoisotopic (exact) mass is 466 g/mol. The lowest BCUT2D eigenvalue weighted by atomic mass is 10.1. The Morgan fingerprint density at radius 3 is 2.66 bits per heavy atom. The van der Waals surface area contributed by atoms with E-state index < -0.39 is 6.04 Å². The Morgan fingerprint density at radius 1 is 1.12 bits per heavy atom. The van der Waals surface area contributed by atoms with E-state index in [1.807, 2.05) is 6.07 Å². The average Bonchev–Trinajstić information content (AvgIpc) is 3.32. The molecule has 0 saturated heterocycles. The highest BCUT2D eigenvalue weighted by molar-refractivity contribution is 6.36. The summed E-state index contributed by atoms with van der Waals surface area (Å²) in [5.74, 6) is 1.28. The van der Waals surface area contributed by atoms with Crippen LogP contribution in [0.3, 0.4) is 0 Å². The van der Waals surface area contributed by atoms with Crippen molar-refractivity contribution in [1.29, 1.82) is 5.26 Å². The second-order valence-corrected chi connectivity index (χ2v) is 7.49. The molecule has 0 aliphatic heterocycles. The van der Waals surface area contributed by atoms with E-state index in [1.165, 1.54) is 6.20 Å². The van der Waals surface area contributed by atoms with E-state index in [4.69, 9.17) is 39.9 Å². The van der Waals surface area contributed by atoms with Crippen molar-refractivity contribution >= 4 is 35.0 Å². The van der Waals surface area contributed by atoms with Crippen LogP contribution in [-0.2, 0) is 0 Å². The van der Waals surface area contributed by atoms with Crippen molar-refractivity contribution in [3.05, 3.63) is 64.4 Å². The molecule has 0 fully saturated rings. The molecule has 3 heterocycles. The number of anilines is 2. The van der Waals surface area contributed by atoms with Gasteiger partial charge in [0.25, 0.3) is 0 Å². The van der Waals surface area contributed by atoms with Gasteiger partial charge in [-0.15, -0.1) is 0 Å². The first kappa shape index (κ1) is 21.5. The number of nitrogens with two attached hydrogens (primary N) is 2. The van der Waals surface area contributed by atoms with Gasteiger partial charge in [0.1, 0.15) is 29.1 Å². The second kappa shape index (κ2) is 9.15. The minimum Gasteiger partial charge on any atom is -0.382 e. The third kappa shape index (κ3) is 4.45. The van der Waals surface area contributed by atoms with Crippen molar-refractivity contribution in [3.63, 3.8) is 0 Å². The molecule has 3 aromatic heterocycles. The number of rotatable bonds is 6. The first-order chi connectivity index (χ1) is 15.5. The average molecular weight is 467 g/mol. The van der Waals surface area contributed by atoms with Gasteiger partial charge in [0.05, 0.1) is 28.5 Å². The molecule has 0 radical (unpaired) electrons. The predicted molar refractivity (Wildman–Crippen MR) is 122 cm³/mol. The van der Waals surface area contributed by atoms with Gasteiger partial charge in [-0.3, -0.25) is 0 Å². The predicted octanol–water partition coefficient (Wildman–Crippen LogP) is 3.20. The summed E-state index contributed by atoms with van der Waals surface area (Å²) in [5, 5.41) is 12.9. The molecule has 1 unspecified atom stereocenters. The summed E-state index contributed by atoms with van der Waals surface area (Å²) in [6, 6.07) is 6.45. The van der Waals surface area contributed by atoms with E-state index in [0.717, 1.165) is 0 Å². The van der Waals surface area contributed by atoms with Crippen molar-refractivity contribution < 1.29 is 0 Å². The number of hydrogen-bond donors (Lipinski definition) is 4. The standard InChI is InChI=1S/C20H16Cl2N10/c21-11-1-2-12(14(22)5-11)16-13(18-26-3-4-27-18)8-28-19(31-16)15(24)9-30-20-29-7-10(6-23)17(25)32-20/h1-5,7-8,15H,9,24H2,(H,26,27)(H3,25,29,30,32). The van der Waals surface area contributed by atoms with Crippen LogP contribution in [0.4, 0.5) is 11.8 Å². The van der Waals surface area contributed by atoms with E-state index in [1.54, 1.807) is 36.8 Å². The highest BCUT2D eigenvalue weighted by Gasteiger charge is 2.19. The highest BCUT2D eigenvalue weighted by Crippen LogP contribution is 2.34. The fourth-order valence-corrected chi connectivity index (χ4v) is 3.40. The van der Waals surface area contributed by atoms with Crippen LogP contribution in [0, 0.1) is 11.3 Å². The van der Waals surface area contributed by atoms with Gasteiger partial charge < -0.3 is 21.8 Å². The number of nitriles is 1. The Morgan fingerprint density at radius 2 is 1.97 bits per heavy atom. The Hall–Kier alpha value is -3.78. The van der Waals surface area contributed by atoms with Crippen molar-refractivity contribution in [3.8, 4) is 28.7 Å². The van der Waals surface area contributed by atoms with Crippen LogP contribution in [-0.4, -0.2) is 36.4 Å². The molecular formula is C20H16Cl2N10. The van der Waals surface area contributed by atoms with Crippen LogP contribution in [0.25, 0.3) is 22.6 Å². The van der Waals surface area contributed by atoms with Crippen LogP contribution in [0.15, 0.2) is 43.0 Å². The van der Waals surface area contributed by atoms with E-state index in [2.05, 4.69) is 35.2 Å². The fourth-order valence-electron chi connectivity index (χ4n) is 2.91. The normalized spacial score (nSPS) is 11.7. The second-order valence-electron chi connectivity index (χ2n) is 6.64. The molecular weight excluding hydrogens is 451 g/mol. The molecule has 0 aliphatic carbocycles. The molecule has 0 saturated carbocycles. The molecule has 32 heavy (non-hydrogen) atoms. The van der Waals surface area contributed by atoms with Gasteiger partial charge in [0.15, 0.2) is 0 Å². The van der Waals surface area contributed by atoms with Gasteiger partial charge >= 0.3 is 0 Å². The molecule has 6 N–H and O–H groups in total. The molecule has 10 nitrogen and oxygen atoms in total. The van der Waals surface area contributed by atoms with Crippen LogP contribution in [0.1, 0.15) is 17.4 Å². The molecule has 1 atom stereocenters. The number of hydrogen-bond acceptors (Lipinski definition) is 9. The minimum absolute atomic E-state index is 0.0808. The lowest BCUT2D eigenvalue weighted by molar-refractivity contribution is 0.699. The first-order valence-corrected chi connectivity index (χ1v) is 10.1. The maximum absolute atomic E-state index is 8.93. The maximum Gasteiger partial charge on any atom is 0.224 e. The van der Waals surface area contributed by atoms with E-state index in [9.17, 15) is 0 Å². The Kier molecular flexibility index (Phi) is 6.13. The number of nitrogens with one attached hydrogen (secondary N) is 2. The van der Waals surface area contributed by atoms with Crippen molar-refractivity contribution in [2.45, 2.75) is 6.04 Å². The summed E-state index contributed by atoms with van der Waals surface area (Å²) >= 11 is 12.5. The summed E-state index contributed by atoms with van der Waals surface area (Å²) in [6.07, 6.45) is 6.31. The first-order valence-electron chi connectivity index (χ1n) is 9.30. The van der Waals surface area contributed by atoms with Crippen LogP contribution in [0.5, 0.6) is 0 Å². The quantitative estimate of drug-likeness (QED) is 0.333. The topological polar surface area (TPSA) is 168 Å². The lowest BCUT2D eigenvalue weighted by Crippen LogP contribution is -2.24. The van der Waals surface area contributed by atoms with Gasteiger partial charge in [0, 0.05) is 35.7 Å². The largest absolute Gasteiger partial charge is 0.382 e. The molecule has 4 aromatic rings. The summed E-state index contributed by atoms with van der Waals surface area (Å²) in [6.45, 7) is 0.221. The number of halogens is 2. The van der Waals surface area contributed by atoms with Gasteiger partial charge in [-0.25, -0.2) is 19.9 Å². The van der Waals surface area contributed by atoms with E-state index in [-0.39, 0.29) is 23.9 Å². The zero-order chi connectivity index (χ0) is 22.7. The molecule has 0 aliphatic rings. The number of imidazole rings is 1. The minimum atomic E-state index is -0.606. The molecule has 0 bridgehead atoms. The number of benzene rings is 1. The number of aromatic amines is 1. The smallest absolute Gasteiger partial charge is 0.224 e. The van der Waals surface area contributed by atoms with E-state index in [0.29, 0.717) is 38.5 Å². The van der Waals surface area contributed by atoms with Crippen molar-refractivity contribution in [1.82, 2.24) is 29.9 Å². The van der Waals surface area contributed by atoms with Crippen molar-refractivity contribution in [2.24, 2.45) is 5.73 Å². The summed E-state index contributed by atoms with van der Waals surface area (Å²) in [7, 11) is 0. The summed E-state index contributed by atoms with van der Waals surface area (Å²) in [4.78, 5) is 24.5. The number of aromatic nitrogens is 6. The number of nitrogens with zero attached hydrogens (tertiary/aromatic N) is 6. The van der Waals surface area contributed by atoms with Gasteiger partial charge in [-0.05, 0) is 18.2 Å². The third-order valence-corrected chi connectivity index (χ3v) is 5.05. The molecule has 1 aromatic carbocycles. The molecule has 160 valence electrons. The lowest BCUT2D eigenvalue weighted by Gasteiger charge is -2.15. The Balaban J connectivity index is 1.64. The molecule has 0 spiro atoms. The summed E-state index contributed by atoms with van der Waals surface area (Å²) in [5.41, 5.74) is 14.1. The molecule has 4 rings (SSSR count). The fraction of sp³-hybridized carbons (Fsp3) is 0.100. The van der Waals surface area contributed by atoms with Crippen LogP contribution in [0.2, 0.25) is 10.0 Å². The zero-order valence-corrected chi connectivity index (χ0v) is 17.9. The number of nitrogen functional groups attached to an aromatic ring is 1. The van der Waals surface area contributed by atoms with Crippen LogP contribution >= 0.6 is 23.2 Å². The molecule has 0 amide bonds. The number of H-pyrrole nitrogens is 1. The highest BCUT2D eigenvalue weighted by atomic mass is 35.5. The maximum atomic E-state index is 8.93. The SMILES string of the molecule is N#Cc1cnc(NCC(N)c2ncc(-c3ncc[nH]3)c(-c3ccc(Cl)cc3Cl)n2)nc1N. The Labute approximate surface area is 192 Å². The third-order valence-electron chi connectivity index (χ3n) is 4.50. The van der Waals surface area contributed by atoms with Gasteiger partial charge in [-0.2, -0.15) is 10.2 Å². The Bertz CT molecular complexity index is 1300. The molecule has 12 heteroatoms. The summed E-state index contributed by atoms with van der Waals surface area (Å²) < 4.78 is 0. The van der Waals surface area contributed by atoms with Gasteiger partial charge in [-0.1, -0.05) is 23.2 Å². The zero-order valence-electron chi connectivity index (χ0n) is 16.4. The van der Waals surface area contributed by atoms with Gasteiger partial charge in [0.2, 0.25) is 5.95 Å².